The molecule has 1 aliphatic carbocycles. The highest BCUT2D eigenvalue weighted by atomic mass is 19.1. The van der Waals surface area contributed by atoms with Crippen LogP contribution in [0.3, 0.4) is 0 Å². The molecule has 1 fully saturated rings. The highest BCUT2D eigenvalue weighted by Gasteiger charge is 2.31. The van der Waals surface area contributed by atoms with E-state index in [9.17, 15) is 9.59 Å². The second kappa shape index (κ2) is 10.2. The summed E-state index contributed by atoms with van der Waals surface area (Å²) in [4.78, 5) is 33.0. The molecule has 0 spiro atoms. The van der Waals surface area contributed by atoms with Gasteiger partial charge in [-0.25, -0.2) is 18.7 Å². The molecule has 0 radical (unpaired) electrons. The number of hydrogen-bond acceptors (Lipinski definition) is 6. The number of nitrogens with zero attached hydrogens (tertiary/aromatic N) is 3. The molecule has 3 aromatic rings. The van der Waals surface area contributed by atoms with E-state index >= 15 is 8.78 Å². The summed E-state index contributed by atoms with van der Waals surface area (Å²) in [6, 6.07) is 5.50. The van der Waals surface area contributed by atoms with Crippen LogP contribution >= 0.6 is 0 Å². The van der Waals surface area contributed by atoms with Crippen LogP contribution in [0, 0.1) is 30.9 Å². The molecule has 2 aromatic carbocycles. The zero-order chi connectivity index (χ0) is 26.9. The van der Waals surface area contributed by atoms with Gasteiger partial charge in [-0.15, -0.1) is 6.42 Å². The molecule has 4 N–H and O–H groups in total. The molecule has 0 unspecified atom stereocenters. The topological polar surface area (TPSA) is 124 Å². The van der Waals surface area contributed by atoms with Crippen molar-refractivity contribution in [2.45, 2.75) is 25.7 Å². The normalized spacial score (nSPS) is 12.6. The molecule has 1 aromatic heterocycles. The molecule has 0 aliphatic heterocycles. The summed E-state index contributed by atoms with van der Waals surface area (Å²) >= 11 is 0. The summed E-state index contributed by atoms with van der Waals surface area (Å²) in [5.41, 5.74) is 13.2. The fourth-order valence-electron chi connectivity index (χ4n) is 4.19. The molecular formula is C27H25F2N5O3. The molecule has 2 amide bonds. The average molecular weight is 506 g/mol. The first-order valence-electron chi connectivity index (χ1n) is 11.5. The van der Waals surface area contributed by atoms with E-state index in [-0.39, 0.29) is 53.0 Å². The van der Waals surface area contributed by atoms with Crippen LogP contribution in [0.5, 0.6) is 5.75 Å². The number of carbonyl (C=O) groups is 2. The molecule has 0 saturated heterocycles. The minimum atomic E-state index is -0.914. The smallest absolute Gasteiger partial charge is 0.298 e. The van der Waals surface area contributed by atoms with Crippen LogP contribution in [0.15, 0.2) is 30.6 Å². The Kier molecular flexibility index (Phi) is 7.07. The quantitative estimate of drug-likeness (QED) is 0.452. The van der Waals surface area contributed by atoms with E-state index in [1.54, 1.807) is 13.0 Å². The first-order valence-corrected chi connectivity index (χ1v) is 11.5. The van der Waals surface area contributed by atoms with Crippen molar-refractivity contribution in [1.82, 2.24) is 14.9 Å². The van der Waals surface area contributed by atoms with Crippen LogP contribution in [0.25, 0.3) is 22.4 Å². The second-order valence-corrected chi connectivity index (χ2v) is 8.81. The molecule has 1 heterocycles. The lowest BCUT2D eigenvalue weighted by Gasteiger charge is -2.19. The van der Waals surface area contributed by atoms with E-state index in [1.807, 2.05) is 5.92 Å². The fourth-order valence-corrected chi connectivity index (χ4v) is 4.19. The van der Waals surface area contributed by atoms with Crippen molar-refractivity contribution in [3.63, 3.8) is 0 Å². The standard InChI is InChI=1S/C27H25F2N5O3/c1-4-21(35)34(3)9-10-37-25-24(32-13-33-26(25)30)20-12-16(28)11-19(14(20)2)22-17(15-5-6-15)7-8-18(23(22)29)27(31)36/h1,7-8,11-13,15H,5-6,9-10H2,2-3H3,(H2,31,36)(H2,30,32,33). The van der Waals surface area contributed by atoms with Crippen molar-refractivity contribution in [3.8, 4) is 40.5 Å². The molecule has 10 heteroatoms. The number of terminal acetylenes is 1. The van der Waals surface area contributed by atoms with Gasteiger partial charge in [0.1, 0.15) is 30.3 Å². The van der Waals surface area contributed by atoms with Gasteiger partial charge in [0.25, 0.3) is 11.8 Å². The highest BCUT2D eigenvalue weighted by molar-refractivity contribution is 5.96. The molecular weight excluding hydrogens is 480 g/mol. The molecule has 1 saturated carbocycles. The third-order valence-electron chi connectivity index (χ3n) is 6.33. The van der Waals surface area contributed by atoms with Gasteiger partial charge in [-0.2, -0.15) is 0 Å². The second-order valence-electron chi connectivity index (χ2n) is 8.81. The zero-order valence-electron chi connectivity index (χ0n) is 20.3. The maximum absolute atomic E-state index is 15.6. The SMILES string of the molecule is C#CC(=O)N(C)CCOc1c(N)ncnc1-c1cc(F)cc(-c2c(C3CC3)ccc(C(N)=O)c2F)c1C. The lowest BCUT2D eigenvalue weighted by atomic mass is 9.88. The van der Waals surface area contributed by atoms with E-state index in [2.05, 4.69) is 9.97 Å². The summed E-state index contributed by atoms with van der Waals surface area (Å²) in [6.07, 6.45) is 8.06. The van der Waals surface area contributed by atoms with Crippen LogP contribution in [0.2, 0.25) is 0 Å². The summed E-state index contributed by atoms with van der Waals surface area (Å²) in [6.45, 7) is 1.86. The van der Waals surface area contributed by atoms with Crippen molar-refractivity contribution in [1.29, 1.82) is 0 Å². The predicted molar refractivity (Wildman–Crippen MR) is 134 cm³/mol. The van der Waals surface area contributed by atoms with Gasteiger partial charge >= 0.3 is 0 Å². The maximum Gasteiger partial charge on any atom is 0.298 e. The molecule has 0 bridgehead atoms. The van der Waals surface area contributed by atoms with Crippen molar-refractivity contribution >= 4 is 17.6 Å². The van der Waals surface area contributed by atoms with Gasteiger partial charge in [0.15, 0.2) is 11.6 Å². The van der Waals surface area contributed by atoms with Crippen molar-refractivity contribution in [2.24, 2.45) is 5.73 Å². The van der Waals surface area contributed by atoms with E-state index in [0.717, 1.165) is 12.8 Å². The van der Waals surface area contributed by atoms with Crippen molar-refractivity contribution in [2.75, 3.05) is 25.9 Å². The summed E-state index contributed by atoms with van der Waals surface area (Å²) in [5.74, 6) is -0.675. The van der Waals surface area contributed by atoms with E-state index < -0.39 is 23.4 Å². The van der Waals surface area contributed by atoms with Crippen LogP contribution < -0.4 is 16.2 Å². The Morgan fingerprint density at radius 2 is 1.92 bits per heavy atom. The lowest BCUT2D eigenvalue weighted by Crippen LogP contribution is -2.29. The Labute approximate surface area is 212 Å². The van der Waals surface area contributed by atoms with E-state index in [0.29, 0.717) is 16.7 Å². The Morgan fingerprint density at radius 1 is 1.22 bits per heavy atom. The average Bonchev–Trinajstić information content (AvgIpc) is 3.70. The van der Waals surface area contributed by atoms with Crippen LogP contribution in [-0.2, 0) is 4.79 Å². The lowest BCUT2D eigenvalue weighted by molar-refractivity contribution is -0.124. The third kappa shape index (κ3) is 5.07. The number of nitrogens with two attached hydrogens (primary N) is 2. The van der Waals surface area contributed by atoms with Gasteiger partial charge in [0.2, 0.25) is 0 Å². The van der Waals surface area contributed by atoms with Gasteiger partial charge in [-0.05, 0) is 66.5 Å². The van der Waals surface area contributed by atoms with Crippen LogP contribution in [0.4, 0.5) is 14.6 Å². The number of amides is 2. The number of hydrogen-bond donors (Lipinski definition) is 2. The van der Waals surface area contributed by atoms with Crippen LogP contribution in [0.1, 0.15) is 40.2 Å². The van der Waals surface area contributed by atoms with Gasteiger partial charge in [0.05, 0.1) is 12.1 Å². The highest BCUT2D eigenvalue weighted by Crippen LogP contribution is 2.47. The first-order chi connectivity index (χ1) is 17.6. The number of carbonyl (C=O) groups excluding carboxylic acids is 2. The number of benzene rings is 2. The number of halogens is 2. The monoisotopic (exact) mass is 505 g/mol. The number of anilines is 1. The molecule has 1 aliphatic rings. The van der Waals surface area contributed by atoms with E-state index in [1.165, 1.54) is 36.5 Å². The van der Waals surface area contributed by atoms with Crippen LogP contribution in [-0.4, -0.2) is 46.9 Å². The molecule has 8 nitrogen and oxygen atoms in total. The van der Waals surface area contributed by atoms with Gasteiger partial charge < -0.3 is 21.1 Å². The maximum atomic E-state index is 15.6. The Balaban J connectivity index is 1.82. The number of aromatic nitrogens is 2. The molecule has 4 rings (SSSR count). The van der Waals surface area contributed by atoms with Gasteiger partial charge in [-0.1, -0.05) is 6.07 Å². The Hall–Kier alpha value is -4.52. The Morgan fingerprint density at radius 3 is 2.57 bits per heavy atom. The molecule has 0 atom stereocenters. The minimum Gasteiger partial charge on any atom is -0.486 e. The summed E-state index contributed by atoms with van der Waals surface area (Å²) in [7, 11) is 1.52. The molecule has 190 valence electrons. The number of ether oxygens (including phenoxy) is 1. The number of likely N-dealkylation sites (N-methyl/N-ethyl adjacent to an activating group) is 1. The zero-order valence-corrected chi connectivity index (χ0v) is 20.3. The van der Waals surface area contributed by atoms with E-state index in [4.69, 9.17) is 22.6 Å². The van der Waals surface area contributed by atoms with Crippen molar-refractivity contribution < 1.29 is 23.1 Å². The number of rotatable bonds is 8. The van der Waals surface area contributed by atoms with Gasteiger partial charge in [0, 0.05) is 18.2 Å². The predicted octanol–water partition coefficient (Wildman–Crippen LogP) is 3.43. The largest absolute Gasteiger partial charge is 0.486 e. The number of nitrogen functional groups attached to an aromatic ring is 1. The summed E-state index contributed by atoms with van der Waals surface area (Å²) in [5, 5.41) is 0. The first kappa shape index (κ1) is 25.6. The third-order valence-corrected chi connectivity index (χ3v) is 6.33. The number of primary amides is 1. The Bertz CT molecular complexity index is 1450. The summed E-state index contributed by atoms with van der Waals surface area (Å²) < 4.78 is 36.5. The molecule has 37 heavy (non-hydrogen) atoms. The van der Waals surface area contributed by atoms with Gasteiger partial charge in [-0.3, -0.25) is 9.59 Å². The van der Waals surface area contributed by atoms with Crippen molar-refractivity contribution in [3.05, 3.63) is 58.9 Å². The minimum absolute atomic E-state index is 0.00159. The fraction of sp³-hybridized carbons (Fsp3) is 0.259.